The summed E-state index contributed by atoms with van der Waals surface area (Å²) in [5, 5.41) is 11.2. The maximum absolute atomic E-state index is 12.3. The molecule has 0 unspecified atom stereocenters. The molecule has 9 heteroatoms. The smallest absolute Gasteiger partial charge is 0.273 e. The molecule has 1 aromatic carbocycles. The molecule has 3 rings (SSSR count). The van der Waals surface area contributed by atoms with Crippen molar-refractivity contribution in [1.29, 1.82) is 0 Å². The molecular weight excluding hydrogens is 330 g/mol. The number of piperidine rings is 1. The van der Waals surface area contributed by atoms with Crippen LogP contribution in [0.5, 0.6) is 0 Å². The highest BCUT2D eigenvalue weighted by atomic mass is 32.2. The van der Waals surface area contributed by atoms with E-state index in [-0.39, 0.29) is 17.6 Å². The van der Waals surface area contributed by atoms with Gasteiger partial charge >= 0.3 is 0 Å². The number of benzene rings is 1. The third-order valence-electron chi connectivity index (χ3n) is 3.97. The Morgan fingerprint density at radius 2 is 1.88 bits per heavy atom. The average Bonchev–Trinajstić information content (AvgIpc) is 3.05. The number of nitrogens with one attached hydrogen (secondary N) is 1. The van der Waals surface area contributed by atoms with Gasteiger partial charge in [0.05, 0.1) is 18.1 Å². The standard InChI is InChI=1S/C15H19N5O3S/c1-24(22,23)19-9-7-12(8-10-19)17-15(21)14-11-16-20(18-14)13-5-3-2-4-6-13/h2-6,11-12H,7-10H2,1H3,(H,17,21). The summed E-state index contributed by atoms with van der Waals surface area (Å²) in [5.74, 6) is -0.296. The number of aromatic nitrogens is 3. The first kappa shape index (κ1) is 16.6. The van der Waals surface area contributed by atoms with Crippen LogP contribution < -0.4 is 5.32 Å². The molecule has 1 saturated heterocycles. The molecule has 8 nitrogen and oxygen atoms in total. The SMILES string of the molecule is CS(=O)(=O)N1CCC(NC(=O)c2cnn(-c3ccccc3)n2)CC1. The number of carbonyl (C=O) groups excluding carboxylic acids is 1. The number of hydrogen-bond donors (Lipinski definition) is 1. The van der Waals surface area contributed by atoms with E-state index in [4.69, 9.17) is 0 Å². The molecule has 0 atom stereocenters. The fourth-order valence-electron chi connectivity index (χ4n) is 2.64. The van der Waals surface area contributed by atoms with E-state index in [1.165, 1.54) is 21.6 Å². The first-order valence-electron chi connectivity index (χ1n) is 7.67. The van der Waals surface area contributed by atoms with Gasteiger partial charge < -0.3 is 5.32 Å². The van der Waals surface area contributed by atoms with Gasteiger partial charge in [0, 0.05) is 19.1 Å². The van der Waals surface area contributed by atoms with Crippen molar-refractivity contribution in [2.24, 2.45) is 0 Å². The van der Waals surface area contributed by atoms with E-state index in [9.17, 15) is 13.2 Å². The van der Waals surface area contributed by atoms with Gasteiger partial charge in [0.2, 0.25) is 10.0 Å². The Labute approximate surface area is 140 Å². The summed E-state index contributed by atoms with van der Waals surface area (Å²) >= 11 is 0. The van der Waals surface area contributed by atoms with E-state index in [2.05, 4.69) is 15.5 Å². The van der Waals surface area contributed by atoms with Crippen LogP contribution >= 0.6 is 0 Å². The topological polar surface area (TPSA) is 97.2 Å². The molecule has 2 heterocycles. The molecule has 0 spiro atoms. The molecular formula is C15H19N5O3S. The summed E-state index contributed by atoms with van der Waals surface area (Å²) < 4.78 is 24.4. The lowest BCUT2D eigenvalue weighted by Crippen LogP contribution is -2.46. The van der Waals surface area contributed by atoms with Gasteiger partial charge in [-0.15, -0.1) is 5.10 Å². The van der Waals surface area contributed by atoms with Gasteiger partial charge in [-0.3, -0.25) is 4.79 Å². The number of hydrogen-bond acceptors (Lipinski definition) is 5. The van der Waals surface area contributed by atoms with E-state index >= 15 is 0 Å². The molecule has 0 saturated carbocycles. The van der Waals surface area contributed by atoms with Gasteiger partial charge in [-0.1, -0.05) is 18.2 Å². The lowest BCUT2D eigenvalue weighted by Gasteiger charge is -2.30. The highest BCUT2D eigenvalue weighted by molar-refractivity contribution is 7.88. The fraction of sp³-hybridized carbons (Fsp3) is 0.400. The number of amides is 1. The molecule has 0 bridgehead atoms. The van der Waals surface area contributed by atoms with E-state index in [1.54, 1.807) is 0 Å². The van der Waals surface area contributed by atoms with Crippen LogP contribution in [0, 0.1) is 0 Å². The summed E-state index contributed by atoms with van der Waals surface area (Å²) in [7, 11) is -3.16. The van der Waals surface area contributed by atoms with Crippen molar-refractivity contribution in [3.63, 3.8) is 0 Å². The quantitative estimate of drug-likeness (QED) is 0.863. The van der Waals surface area contributed by atoms with E-state index in [0.717, 1.165) is 5.69 Å². The minimum absolute atomic E-state index is 0.0580. The lowest BCUT2D eigenvalue weighted by atomic mass is 10.1. The normalized spacial score (nSPS) is 16.9. The second-order valence-corrected chi connectivity index (χ2v) is 7.75. The molecule has 0 radical (unpaired) electrons. The van der Waals surface area contributed by atoms with Crippen LogP contribution in [0.1, 0.15) is 23.3 Å². The Hall–Kier alpha value is -2.26. The highest BCUT2D eigenvalue weighted by Gasteiger charge is 2.26. The number of para-hydroxylation sites is 1. The third kappa shape index (κ3) is 3.80. The zero-order valence-corrected chi connectivity index (χ0v) is 14.1. The minimum Gasteiger partial charge on any atom is -0.348 e. The van der Waals surface area contributed by atoms with Crippen molar-refractivity contribution < 1.29 is 13.2 Å². The summed E-state index contributed by atoms with van der Waals surface area (Å²) in [5.41, 5.74) is 1.02. The van der Waals surface area contributed by atoms with Gasteiger partial charge in [-0.05, 0) is 25.0 Å². The van der Waals surface area contributed by atoms with E-state index in [0.29, 0.717) is 25.9 Å². The van der Waals surface area contributed by atoms with E-state index < -0.39 is 10.0 Å². The molecule has 1 N–H and O–H groups in total. The minimum atomic E-state index is -3.16. The van der Waals surface area contributed by atoms with E-state index in [1.807, 2.05) is 30.3 Å². The molecule has 24 heavy (non-hydrogen) atoms. The maximum atomic E-state index is 12.3. The number of rotatable bonds is 4. The molecule has 0 aliphatic carbocycles. The van der Waals surface area contributed by atoms with Crippen LogP contribution in [0.3, 0.4) is 0 Å². The lowest BCUT2D eigenvalue weighted by molar-refractivity contribution is 0.0918. The Kier molecular flexibility index (Phi) is 4.63. The number of nitrogens with zero attached hydrogens (tertiary/aromatic N) is 4. The predicted molar refractivity (Wildman–Crippen MR) is 88.3 cm³/mol. The summed E-state index contributed by atoms with van der Waals surface area (Å²) in [6.45, 7) is 0.834. The Bertz CT molecular complexity index is 811. The van der Waals surface area contributed by atoms with Crippen molar-refractivity contribution in [3.8, 4) is 5.69 Å². The molecule has 1 aliphatic rings. The van der Waals surface area contributed by atoms with Crippen molar-refractivity contribution >= 4 is 15.9 Å². The van der Waals surface area contributed by atoms with Gasteiger partial charge in [0.15, 0.2) is 5.69 Å². The molecule has 1 aliphatic heterocycles. The second-order valence-electron chi connectivity index (χ2n) is 5.76. The van der Waals surface area contributed by atoms with Crippen molar-refractivity contribution in [2.45, 2.75) is 18.9 Å². The average molecular weight is 349 g/mol. The molecule has 2 aromatic rings. The first-order chi connectivity index (χ1) is 11.4. The predicted octanol–water partition coefficient (Wildman–Crippen LogP) is 0.421. The molecule has 1 amide bonds. The summed E-state index contributed by atoms with van der Waals surface area (Å²) in [4.78, 5) is 13.7. The van der Waals surface area contributed by atoms with Gasteiger partial charge in [-0.2, -0.15) is 9.90 Å². The fourth-order valence-corrected chi connectivity index (χ4v) is 3.52. The van der Waals surface area contributed by atoms with Crippen molar-refractivity contribution in [2.75, 3.05) is 19.3 Å². The van der Waals surface area contributed by atoms with Crippen LogP contribution in [0.15, 0.2) is 36.5 Å². The van der Waals surface area contributed by atoms with Gasteiger partial charge in [-0.25, -0.2) is 12.7 Å². The van der Waals surface area contributed by atoms with Crippen LogP contribution in [-0.4, -0.2) is 59.0 Å². The molecule has 1 aromatic heterocycles. The Morgan fingerprint density at radius 3 is 2.50 bits per heavy atom. The van der Waals surface area contributed by atoms with Crippen molar-refractivity contribution in [3.05, 3.63) is 42.2 Å². The molecule has 128 valence electrons. The zero-order chi connectivity index (χ0) is 17.2. The van der Waals surface area contributed by atoms with Crippen LogP contribution in [0.25, 0.3) is 5.69 Å². The number of carbonyl (C=O) groups is 1. The monoisotopic (exact) mass is 349 g/mol. The van der Waals surface area contributed by atoms with Gasteiger partial charge in [0.1, 0.15) is 0 Å². The zero-order valence-electron chi connectivity index (χ0n) is 13.3. The van der Waals surface area contributed by atoms with Crippen LogP contribution in [-0.2, 0) is 10.0 Å². The van der Waals surface area contributed by atoms with Crippen LogP contribution in [0.2, 0.25) is 0 Å². The Balaban J connectivity index is 1.60. The second kappa shape index (κ2) is 6.70. The number of sulfonamides is 1. The summed E-state index contributed by atoms with van der Waals surface area (Å²) in [6.07, 6.45) is 3.80. The Morgan fingerprint density at radius 1 is 1.21 bits per heavy atom. The van der Waals surface area contributed by atoms with Crippen molar-refractivity contribution in [1.82, 2.24) is 24.6 Å². The molecule has 1 fully saturated rings. The third-order valence-corrected chi connectivity index (χ3v) is 5.27. The van der Waals surface area contributed by atoms with Crippen LogP contribution in [0.4, 0.5) is 0 Å². The highest BCUT2D eigenvalue weighted by Crippen LogP contribution is 2.13. The first-order valence-corrected chi connectivity index (χ1v) is 9.52. The van der Waals surface area contributed by atoms with Gasteiger partial charge in [0.25, 0.3) is 5.91 Å². The maximum Gasteiger partial charge on any atom is 0.273 e. The largest absolute Gasteiger partial charge is 0.348 e. The summed E-state index contributed by atoms with van der Waals surface area (Å²) in [6, 6.07) is 9.27.